The molecule has 1 aromatic carbocycles. The molecule has 2 aliphatic carbocycles. The molecule has 134 valence electrons. The van der Waals surface area contributed by atoms with Gasteiger partial charge in [-0.15, -0.1) is 0 Å². The smallest absolute Gasteiger partial charge is 0.254 e. The first-order valence-electron chi connectivity index (χ1n) is 8.34. The van der Waals surface area contributed by atoms with Crippen LogP contribution in [0.2, 0.25) is 10.0 Å². The second-order valence-corrected chi connectivity index (χ2v) is 7.46. The van der Waals surface area contributed by atoms with E-state index in [-0.39, 0.29) is 42.1 Å². The minimum Gasteiger partial charge on any atom is -0.486 e. The van der Waals surface area contributed by atoms with Crippen LogP contribution < -0.4 is 4.74 Å². The summed E-state index contributed by atoms with van der Waals surface area (Å²) in [4.78, 5) is 25.2. The molecule has 0 spiro atoms. The monoisotopic (exact) mass is 390 g/mol. The number of amides is 2. The topological polar surface area (TPSA) is 59.0 Å². The molecule has 1 aliphatic heterocycles. The number of fused-ring (bicyclic) bond motifs is 5. The number of rotatable bonds is 5. The van der Waals surface area contributed by atoms with Crippen LogP contribution >= 0.6 is 23.2 Å². The lowest BCUT2D eigenvalue weighted by molar-refractivity contribution is -0.140. The molecule has 2 bridgehead atoms. The van der Waals surface area contributed by atoms with Gasteiger partial charge in [-0.2, -0.15) is 10.1 Å². The zero-order chi connectivity index (χ0) is 18.4. The molecule has 5 nitrogen and oxygen atoms in total. The summed E-state index contributed by atoms with van der Waals surface area (Å²) in [5.41, 5.74) is 0.574. The maximum absolute atomic E-state index is 12.6. The van der Waals surface area contributed by atoms with Crippen LogP contribution in [0.15, 0.2) is 42.0 Å². The molecule has 2 fully saturated rings. The number of imide groups is 1. The summed E-state index contributed by atoms with van der Waals surface area (Å²) in [6.07, 6.45) is 7.99. The molecule has 0 radical (unpaired) electrons. The Labute approximate surface area is 160 Å². The third-order valence-corrected chi connectivity index (χ3v) is 5.70. The Morgan fingerprint density at radius 3 is 2.27 bits per heavy atom. The molecule has 0 N–H and O–H groups in total. The average Bonchev–Trinajstić information content (AvgIpc) is 3.27. The molecule has 4 rings (SSSR count). The van der Waals surface area contributed by atoms with Crippen molar-refractivity contribution in [1.29, 1.82) is 0 Å². The van der Waals surface area contributed by atoms with Gasteiger partial charge in [0, 0.05) is 0 Å². The Kier molecular flexibility index (Phi) is 4.37. The third-order valence-electron chi connectivity index (χ3n) is 5.14. The highest BCUT2D eigenvalue weighted by Crippen LogP contribution is 2.52. The van der Waals surface area contributed by atoms with E-state index in [9.17, 15) is 9.59 Å². The van der Waals surface area contributed by atoms with Crippen LogP contribution in [-0.2, 0) is 9.59 Å². The zero-order valence-electron chi connectivity index (χ0n) is 13.8. The fraction of sp³-hybridized carbons (Fsp3) is 0.316. The van der Waals surface area contributed by atoms with E-state index < -0.39 is 0 Å². The summed E-state index contributed by atoms with van der Waals surface area (Å²) < 4.78 is 5.41. The highest BCUT2D eigenvalue weighted by atomic mass is 35.5. The van der Waals surface area contributed by atoms with Crippen LogP contribution in [0.3, 0.4) is 0 Å². The van der Waals surface area contributed by atoms with E-state index in [1.54, 1.807) is 18.2 Å². The second kappa shape index (κ2) is 6.56. The van der Waals surface area contributed by atoms with Crippen molar-refractivity contribution < 1.29 is 14.3 Å². The number of halogens is 2. The van der Waals surface area contributed by atoms with Crippen molar-refractivity contribution in [2.75, 3.05) is 6.61 Å². The molecule has 1 saturated carbocycles. The predicted octanol–water partition coefficient (Wildman–Crippen LogP) is 3.70. The van der Waals surface area contributed by atoms with Crippen LogP contribution in [0, 0.1) is 23.7 Å². The van der Waals surface area contributed by atoms with Crippen molar-refractivity contribution in [3.8, 4) is 5.75 Å². The van der Waals surface area contributed by atoms with Crippen molar-refractivity contribution in [3.63, 3.8) is 0 Å². The molecule has 1 saturated heterocycles. The molecule has 2 amide bonds. The van der Waals surface area contributed by atoms with Gasteiger partial charge in [-0.05, 0) is 36.0 Å². The fourth-order valence-corrected chi connectivity index (χ4v) is 4.67. The number of carbonyl (C=O) groups is 2. The van der Waals surface area contributed by atoms with Crippen LogP contribution in [0.4, 0.5) is 0 Å². The van der Waals surface area contributed by atoms with Crippen LogP contribution in [-0.4, -0.2) is 29.6 Å². The van der Waals surface area contributed by atoms with Gasteiger partial charge in [-0.25, -0.2) is 0 Å². The quantitative estimate of drug-likeness (QED) is 0.437. The van der Waals surface area contributed by atoms with Crippen molar-refractivity contribution >= 4 is 41.2 Å². The number of hydrazone groups is 1. The Balaban J connectivity index is 1.55. The lowest BCUT2D eigenvalue weighted by Gasteiger charge is -2.13. The van der Waals surface area contributed by atoms with Crippen molar-refractivity contribution in [3.05, 3.63) is 52.5 Å². The van der Waals surface area contributed by atoms with Crippen molar-refractivity contribution in [2.24, 2.45) is 28.8 Å². The van der Waals surface area contributed by atoms with Gasteiger partial charge in [0.1, 0.15) is 6.61 Å². The van der Waals surface area contributed by atoms with Crippen LogP contribution in [0.25, 0.3) is 0 Å². The number of hydrogen-bond acceptors (Lipinski definition) is 4. The first kappa shape index (κ1) is 17.3. The lowest BCUT2D eigenvalue weighted by Crippen LogP contribution is -2.28. The molecule has 4 atom stereocenters. The number of benzene rings is 1. The van der Waals surface area contributed by atoms with Gasteiger partial charge in [0.05, 0.1) is 28.1 Å². The summed E-state index contributed by atoms with van der Waals surface area (Å²) >= 11 is 12.4. The molecule has 0 aromatic heterocycles. The second-order valence-electron chi connectivity index (χ2n) is 6.65. The highest BCUT2D eigenvalue weighted by Gasteiger charge is 2.59. The van der Waals surface area contributed by atoms with E-state index >= 15 is 0 Å². The summed E-state index contributed by atoms with van der Waals surface area (Å²) in [5.74, 6) is -0.310. The summed E-state index contributed by atoms with van der Waals surface area (Å²) in [7, 11) is 0. The molecule has 26 heavy (non-hydrogen) atoms. The first-order valence-corrected chi connectivity index (χ1v) is 9.09. The van der Waals surface area contributed by atoms with Gasteiger partial charge in [0.25, 0.3) is 11.8 Å². The Hall–Kier alpha value is -2.11. The van der Waals surface area contributed by atoms with Crippen LogP contribution in [0.5, 0.6) is 5.75 Å². The highest BCUT2D eigenvalue weighted by molar-refractivity contribution is 6.37. The van der Waals surface area contributed by atoms with Gasteiger partial charge >= 0.3 is 0 Å². The van der Waals surface area contributed by atoms with E-state index in [4.69, 9.17) is 27.9 Å². The standard InChI is InChI=1S/C19H16Cl2N2O3/c1-2-5-26-17-13(20)6-10(7-14(17)21)9-22-23-18(24)15-11-3-4-12(8-11)16(15)19(23)25/h2-4,6-7,9,11-12,15-16H,1,5,8H2. The number of carbonyl (C=O) groups excluding carboxylic acids is 2. The van der Waals surface area contributed by atoms with Crippen LogP contribution in [0.1, 0.15) is 12.0 Å². The molecule has 1 aromatic rings. The predicted molar refractivity (Wildman–Crippen MR) is 99.3 cm³/mol. The number of ether oxygens (including phenoxy) is 1. The molecule has 1 heterocycles. The molecule has 3 aliphatic rings. The van der Waals surface area contributed by atoms with Gasteiger partial charge in [0.15, 0.2) is 5.75 Å². The number of allylic oxidation sites excluding steroid dienone is 2. The van der Waals surface area contributed by atoms with E-state index in [0.29, 0.717) is 21.4 Å². The van der Waals surface area contributed by atoms with Gasteiger partial charge < -0.3 is 4.74 Å². The summed E-state index contributed by atoms with van der Waals surface area (Å²) in [5, 5.41) is 5.74. The van der Waals surface area contributed by atoms with Gasteiger partial charge in [-0.3, -0.25) is 9.59 Å². The normalized spacial score (nSPS) is 29.1. The number of nitrogens with zero attached hydrogens (tertiary/aromatic N) is 2. The third kappa shape index (κ3) is 2.66. The largest absolute Gasteiger partial charge is 0.486 e. The van der Waals surface area contributed by atoms with Gasteiger partial charge in [0.2, 0.25) is 0 Å². The summed E-state index contributed by atoms with van der Waals surface area (Å²) in [6.45, 7) is 3.85. The van der Waals surface area contributed by atoms with E-state index in [2.05, 4.69) is 11.7 Å². The zero-order valence-corrected chi connectivity index (χ0v) is 15.3. The Morgan fingerprint density at radius 2 is 1.73 bits per heavy atom. The minimum absolute atomic E-state index is 0.159. The maximum atomic E-state index is 12.6. The summed E-state index contributed by atoms with van der Waals surface area (Å²) in [6, 6.07) is 3.24. The Bertz CT molecular complexity index is 811. The SMILES string of the molecule is C=CCOc1c(Cl)cc(C=NN2C(=O)C3C4C=CC(C4)C3C2=O)cc1Cl. The molecular weight excluding hydrogens is 375 g/mol. The molecule has 4 unspecified atom stereocenters. The number of hydrogen-bond donors (Lipinski definition) is 0. The molecule has 7 heteroatoms. The van der Waals surface area contributed by atoms with E-state index in [0.717, 1.165) is 11.4 Å². The fourth-order valence-electron chi connectivity index (χ4n) is 4.06. The van der Waals surface area contributed by atoms with E-state index in [1.165, 1.54) is 6.21 Å². The average molecular weight is 391 g/mol. The van der Waals surface area contributed by atoms with E-state index in [1.807, 2.05) is 12.2 Å². The Morgan fingerprint density at radius 1 is 1.15 bits per heavy atom. The minimum atomic E-state index is -0.267. The maximum Gasteiger partial charge on any atom is 0.254 e. The van der Waals surface area contributed by atoms with Crippen molar-refractivity contribution in [2.45, 2.75) is 6.42 Å². The molecular formula is C19H16Cl2N2O3. The lowest BCUT2D eigenvalue weighted by atomic mass is 9.85. The van der Waals surface area contributed by atoms with Gasteiger partial charge in [-0.1, -0.05) is 48.0 Å². The van der Waals surface area contributed by atoms with Crippen molar-refractivity contribution in [1.82, 2.24) is 5.01 Å². The first-order chi connectivity index (χ1) is 12.5.